The highest BCUT2D eigenvalue weighted by Gasteiger charge is 2.10. The Morgan fingerprint density at radius 1 is 1.21 bits per heavy atom. The third-order valence-corrected chi connectivity index (χ3v) is 3.91. The van der Waals surface area contributed by atoms with E-state index in [-0.39, 0.29) is 5.91 Å². The molecule has 2 N–H and O–H groups in total. The fourth-order valence-electron chi connectivity index (χ4n) is 1.91. The Morgan fingerprint density at radius 3 is 2.63 bits per heavy atom. The minimum absolute atomic E-state index is 0.0425. The van der Waals surface area contributed by atoms with Crippen molar-refractivity contribution in [1.82, 2.24) is 5.32 Å². The second kappa shape index (κ2) is 5.89. The molecule has 0 saturated carbocycles. The molecule has 19 heavy (non-hydrogen) atoms. The first-order valence-corrected chi connectivity index (χ1v) is 7.03. The Kier molecular flexibility index (Phi) is 4.22. The molecule has 0 fully saturated rings. The highest BCUT2D eigenvalue weighted by molar-refractivity contribution is 7.11. The van der Waals surface area contributed by atoms with Crippen molar-refractivity contribution in [2.75, 3.05) is 12.4 Å². The quantitative estimate of drug-likeness (QED) is 0.898. The van der Waals surface area contributed by atoms with Gasteiger partial charge in [0.05, 0.1) is 12.1 Å². The lowest BCUT2D eigenvalue weighted by molar-refractivity contribution is 0.0952. The van der Waals surface area contributed by atoms with Gasteiger partial charge in [0.1, 0.15) is 0 Å². The minimum Gasteiger partial charge on any atom is -0.387 e. The first-order valence-electron chi connectivity index (χ1n) is 6.22. The van der Waals surface area contributed by atoms with Crippen LogP contribution < -0.4 is 10.6 Å². The molecule has 0 radical (unpaired) electrons. The Bertz CT molecular complexity index is 590. The van der Waals surface area contributed by atoms with E-state index in [0.717, 1.165) is 11.3 Å². The molecule has 100 valence electrons. The monoisotopic (exact) mass is 274 g/mol. The van der Waals surface area contributed by atoms with Crippen molar-refractivity contribution < 1.29 is 4.79 Å². The van der Waals surface area contributed by atoms with E-state index >= 15 is 0 Å². The van der Waals surface area contributed by atoms with Crippen LogP contribution >= 0.6 is 11.3 Å². The van der Waals surface area contributed by atoms with Crippen molar-refractivity contribution in [2.45, 2.75) is 20.4 Å². The number of hydrogen-bond donors (Lipinski definition) is 2. The molecule has 1 heterocycles. The van der Waals surface area contributed by atoms with E-state index in [1.807, 2.05) is 32.2 Å². The molecule has 1 aromatic heterocycles. The van der Waals surface area contributed by atoms with E-state index in [9.17, 15) is 4.79 Å². The first-order chi connectivity index (χ1) is 9.10. The molecule has 0 spiro atoms. The SMILES string of the molecule is CNc1ccc(C)cc1C(=O)NCc1ccc(C)s1. The van der Waals surface area contributed by atoms with Gasteiger partial charge in [-0.25, -0.2) is 0 Å². The average molecular weight is 274 g/mol. The van der Waals surface area contributed by atoms with Crippen molar-refractivity contribution in [3.63, 3.8) is 0 Å². The molecule has 0 unspecified atom stereocenters. The van der Waals surface area contributed by atoms with Crippen molar-refractivity contribution >= 4 is 22.9 Å². The summed E-state index contributed by atoms with van der Waals surface area (Å²) in [5.74, 6) is -0.0425. The van der Waals surface area contributed by atoms with Gasteiger partial charge in [0, 0.05) is 22.5 Å². The van der Waals surface area contributed by atoms with Gasteiger partial charge in [-0.1, -0.05) is 11.6 Å². The van der Waals surface area contributed by atoms with Crippen molar-refractivity contribution in [3.05, 3.63) is 51.2 Å². The first kappa shape index (κ1) is 13.6. The van der Waals surface area contributed by atoms with E-state index in [2.05, 4.69) is 29.7 Å². The Balaban J connectivity index is 2.09. The lowest BCUT2D eigenvalue weighted by atomic mass is 10.1. The van der Waals surface area contributed by atoms with Crippen molar-refractivity contribution in [2.24, 2.45) is 0 Å². The topological polar surface area (TPSA) is 41.1 Å². The summed E-state index contributed by atoms with van der Waals surface area (Å²) in [6.07, 6.45) is 0. The maximum Gasteiger partial charge on any atom is 0.253 e. The second-order valence-corrected chi connectivity index (χ2v) is 5.87. The molecule has 0 aliphatic carbocycles. The van der Waals surface area contributed by atoms with Crippen LogP contribution in [0.1, 0.15) is 25.7 Å². The van der Waals surface area contributed by atoms with E-state index in [1.54, 1.807) is 11.3 Å². The van der Waals surface area contributed by atoms with Gasteiger partial charge >= 0.3 is 0 Å². The summed E-state index contributed by atoms with van der Waals surface area (Å²) < 4.78 is 0. The second-order valence-electron chi connectivity index (χ2n) is 4.49. The summed E-state index contributed by atoms with van der Waals surface area (Å²) in [4.78, 5) is 14.6. The largest absolute Gasteiger partial charge is 0.387 e. The Hall–Kier alpha value is -1.81. The predicted octanol–water partition coefficient (Wildman–Crippen LogP) is 3.34. The van der Waals surface area contributed by atoms with Crippen LogP contribution in [0.25, 0.3) is 0 Å². The number of aryl methyl sites for hydroxylation is 2. The third-order valence-electron chi connectivity index (χ3n) is 2.91. The molecular formula is C15H18N2OS. The van der Waals surface area contributed by atoms with E-state index in [4.69, 9.17) is 0 Å². The van der Waals surface area contributed by atoms with Gasteiger partial charge in [-0.05, 0) is 38.1 Å². The molecule has 0 atom stereocenters. The number of rotatable bonds is 4. The summed E-state index contributed by atoms with van der Waals surface area (Å²) >= 11 is 1.71. The van der Waals surface area contributed by atoms with Crippen molar-refractivity contribution in [1.29, 1.82) is 0 Å². The number of hydrogen-bond acceptors (Lipinski definition) is 3. The molecule has 1 amide bonds. The predicted molar refractivity (Wildman–Crippen MR) is 81.0 cm³/mol. The lowest BCUT2D eigenvalue weighted by Crippen LogP contribution is -2.23. The Labute approximate surface area is 117 Å². The number of anilines is 1. The average Bonchev–Trinajstić information content (AvgIpc) is 2.81. The maximum atomic E-state index is 12.2. The summed E-state index contributed by atoms with van der Waals surface area (Å²) in [6, 6.07) is 9.94. The van der Waals surface area contributed by atoms with Gasteiger partial charge in [0.2, 0.25) is 0 Å². The van der Waals surface area contributed by atoms with E-state index < -0.39 is 0 Å². The van der Waals surface area contributed by atoms with Crippen LogP contribution in [0, 0.1) is 13.8 Å². The summed E-state index contributed by atoms with van der Waals surface area (Å²) in [7, 11) is 1.82. The van der Waals surface area contributed by atoms with Crippen molar-refractivity contribution in [3.8, 4) is 0 Å². The molecule has 4 heteroatoms. The van der Waals surface area contributed by atoms with Crippen LogP contribution in [-0.4, -0.2) is 13.0 Å². The number of carbonyl (C=O) groups is 1. The van der Waals surface area contributed by atoms with Gasteiger partial charge in [-0.15, -0.1) is 11.3 Å². The molecule has 2 aromatic rings. The molecule has 1 aromatic carbocycles. The van der Waals surface area contributed by atoms with E-state index in [1.165, 1.54) is 9.75 Å². The fourth-order valence-corrected chi connectivity index (χ4v) is 2.74. The van der Waals surface area contributed by atoms with Crippen LogP contribution in [0.3, 0.4) is 0 Å². The third kappa shape index (κ3) is 3.35. The van der Waals surface area contributed by atoms with Gasteiger partial charge < -0.3 is 10.6 Å². The van der Waals surface area contributed by atoms with Crippen LogP contribution in [0.5, 0.6) is 0 Å². The lowest BCUT2D eigenvalue weighted by Gasteiger charge is -2.10. The summed E-state index contributed by atoms with van der Waals surface area (Å²) in [6.45, 7) is 4.63. The zero-order chi connectivity index (χ0) is 13.8. The standard InChI is InChI=1S/C15H18N2OS/c1-10-4-7-14(16-3)13(8-10)15(18)17-9-12-6-5-11(2)19-12/h4-8,16H,9H2,1-3H3,(H,17,18). The molecular weight excluding hydrogens is 256 g/mol. The zero-order valence-electron chi connectivity index (χ0n) is 11.4. The van der Waals surface area contributed by atoms with E-state index in [0.29, 0.717) is 12.1 Å². The normalized spacial score (nSPS) is 10.3. The van der Waals surface area contributed by atoms with Crippen LogP contribution in [-0.2, 0) is 6.54 Å². The van der Waals surface area contributed by atoms with Gasteiger partial charge in [-0.2, -0.15) is 0 Å². The van der Waals surface area contributed by atoms with Crippen LogP contribution in [0.15, 0.2) is 30.3 Å². The summed E-state index contributed by atoms with van der Waals surface area (Å²) in [5, 5.41) is 6.01. The molecule has 2 rings (SSSR count). The number of nitrogens with one attached hydrogen (secondary N) is 2. The van der Waals surface area contributed by atoms with Crippen LogP contribution in [0.4, 0.5) is 5.69 Å². The number of carbonyl (C=O) groups excluding carboxylic acids is 1. The highest BCUT2D eigenvalue weighted by Crippen LogP contribution is 2.18. The smallest absolute Gasteiger partial charge is 0.253 e. The zero-order valence-corrected chi connectivity index (χ0v) is 12.2. The Morgan fingerprint density at radius 2 is 2.00 bits per heavy atom. The number of thiophene rings is 1. The van der Waals surface area contributed by atoms with Gasteiger partial charge in [0.25, 0.3) is 5.91 Å². The molecule has 0 bridgehead atoms. The molecule has 0 saturated heterocycles. The van der Waals surface area contributed by atoms with Crippen LogP contribution in [0.2, 0.25) is 0 Å². The summed E-state index contributed by atoms with van der Waals surface area (Å²) in [5.41, 5.74) is 2.62. The highest BCUT2D eigenvalue weighted by atomic mass is 32.1. The van der Waals surface area contributed by atoms with Gasteiger partial charge in [0.15, 0.2) is 0 Å². The number of benzene rings is 1. The minimum atomic E-state index is -0.0425. The van der Waals surface area contributed by atoms with Gasteiger partial charge in [-0.3, -0.25) is 4.79 Å². The molecule has 0 aliphatic heterocycles. The molecule has 0 aliphatic rings. The molecule has 3 nitrogen and oxygen atoms in total. The maximum absolute atomic E-state index is 12.2. The fraction of sp³-hybridized carbons (Fsp3) is 0.267. The number of amides is 1.